The summed E-state index contributed by atoms with van der Waals surface area (Å²) in [5.41, 5.74) is 4.02. The number of anilines is 2. The second-order valence-electron chi connectivity index (χ2n) is 5.23. The fourth-order valence-electron chi connectivity index (χ4n) is 2.32. The van der Waals surface area contributed by atoms with Gasteiger partial charge in [-0.25, -0.2) is 9.78 Å². The lowest BCUT2D eigenvalue weighted by atomic mass is 10.1. The van der Waals surface area contributed by atoms with Crippen LogP contribution in [0.25, 0.3) is 11.3 Å². The molecular formula is C18H16N2O3S. The molecule has 0 amide bonds. The number of nitrogens with one attached hydrogen (secondary N) is 1. The molecule has 0 bridgehead atoms. The minimum absolute atomic E-state index is 0.258. The summed E-state index contributed by atoms with van der Waals surface area (Å²) in [5, 5.41) is 14.8. The number of methoxy groups -OCH3 is 1. The van der Waals surface area contributed by atoms with Gasteiger partial charge in [-0.1, -0.05) is 0 Å². The van der Waals surface area contributed by atoms with E-state index in [4.69, 9.17) is 9.84 Å². The van der Waals surface area contributed by atoms with Crippen molar-refractivity contribution < 1.29 is 14.6 Å². The van der Waals surface area contributed by atoms with Crippen molar-refractivity contribution in [1.29, 1.82) is 0 Å². The molecule has 3 aromatic rings. The summed E-state index contributed by atoms with van der Waals surface area (Å²) in [6.07, 6.45) is 0. The molecular weight excluding hydrogens is 324 g/mol. The molecule has 122 valence electrons. The van der Waals surface area contributed by atoms with E-state index >= 15 is 0 Å². The highest BCUT2D eigenvalue weighted by Crippen LogP contribution is 2.30. The van der Waals surface area contributed by atoms with Gasteiger partial charge >= 0.3 is 5.97 Å². The molecule has 3 rings (SSSR count). The van der Waals surface area contributed by atoms with Crippen molar-refractivity contribution in [2.45, 2.75) is 6.92 Å². The van der Waals surface area contributed by atoms with E-state index in [2.05, 4.69) is 10.3 Å². The number of rotatable bonds is 5. The monoisotopic (exact) mass is 340 g/mol. The minimum atomic E-state index is -0.937. The Morgan fingerprint density at radius 3 is 2.58 bits per heavy atom. The number of ether oxygens (including phenoxy) is 1. The predicted octanol–water partition coefficient (Wildman–Crippen LogP) is 4.57. The van der Waals surface area contributed by atoms with Crippen LogP contribution in [0.1, 0.15) is 15.9 Å². The standard InChI is InChI=1S/C18H16N2O3S/c1-11-9-13(5-8-16(11)23-2)15-10-24-18(20-15)19-14-6-3-12(4-7-14)17(21)22/h3-10H,1-2H3,(H,19,20)(H,21,22). The van der Waals surface area contributed by atoms with Crippen LogP contribution in [0.2, 0.25) is 0 Å². The number of carboxylic acid groups (broad SMARTS) is 1. The average Bonchev–Trinajstić information content (AvgIpc) is 3.04. The number of carboxylic acids is 1. The number of benzene rings is 2. The number of aryl methyl sites for hydroxylation is 1. The Balaban J connectivity index is 1.78. The van der Waals surface area contributed by atoms with Gasteiger partial charge in [-0.2, -0.15) is 0 Å². The number of aromatic nitrogens is 1. The Morgan fingerprint density at radius 2 is 1.96 bits per heavy atom. The van der Waals surface area contributed by atoms with Gasteiger partial charge in [-0.3, -0.25) is 0 Å². The van der Waals surface area contributed by atoms with Gasteiger partial charge < -0.3 is 15.2 Å². The van der Waals surface area contributed by atoms with E-state index in [0.717, 1.165) is 33.4 Å². The summed E-state index contributed by atoms with van der Waals surface area (Å²) in [6.45, 7) is 2.00. The molecule has 0 aliphatic carbocycles. The second-order valence-corrected chi connectivity index (χ2v) is 6.09. The maximum Gasteiger partial charge on any atom is 0.335 e. The molecule has 0 aliphatic heterocycles. The molecule has 6 heteroatoms. The third kappa shape index (κ3) is 3.38. The van der Waals surface area contributed by atoms with E-state index in [9.17, 15) is 4.79 Å². The number of hydrogen-bond acceptors (Lipinski definition) is 5. The summed E-state index contributed by atoms with van der Waals surface area (Å²) in [7, 11) is 1.66. The molecule has 0 aliphatic rings. The van der Waals surface area contributed by atoms with Crippen LogP contribution >= 0.6 is 11.3 Å². The smallest absolute Gasteiger partial charge is 0.335 e. The Kier molecular flexibility index (Phi) is 4.48. The molecule has 0 saturated carbocycles. The second kappa shape index (κ2) is 6.72. The molecule has 1 heterocycles. The number of nitrogens with zero attached hydrogens (tertiary/aromatic N) is 1. The molecule has 0 fully saturated rings. The first-order valence-electron chi connectivity index (χ1n) is 7.28. The van der Waals surface area contributed by atoms with Crippen LogP contribution in [0.15, 0.2) is 47.8 Å². The van der Waals surface area contributed by atoms with Crippen molar-refractivity contribution in [1.82, 2.24) is 4.98 Å². The van der Waals surface area contributed by atoms with E-state index in [1.165, 1.54) is 11.3 Å². The number of aromatic carboxylic acids is 1. The lowest BCUT2D eigenvalue weighted by Crippen LogP contribution is -1.96. The van der Waals surface area contributed by atoms with E-state index in [1.807, 2.05) is 30.5 Å². The van der Waals surface area contributed by atoms with Crippen molar-refractivity contribution in [3.05, 3.63) is 59.0 Å². The summed E-state index contributed by atoms with van der Waals surface area (Å²) >= 11 is 1.50. The quantitative estimate of drug-likeness (QED) is 0.712. The van der Waals surface area contributed by atoms with Crippen LogP contribution in [-0.4, -0.2) is 23.2 Å². The zero-order valence-corrected chi connectivity index (χ0v) is 14.1. The normalized spacial score (nSPS) is 10.4. The van der Waals surface area contributed by atoms with Crippen molar-refractivity contribution in [2.75, 3.05) is 12.4 Å². The van der Waals surface area contributed by atoms with Crippen LogP contribution in [0.4, 0.5) is 10.8 Å². The molecule has 5 nitrogen and oxygen atoms in total. The molecule has 1 aromatic heterocycles. The molecule has 0 atom stereocenters. The van der Waals surface area contributed by atoms with Crippen LogP contribution < -0.4 is 10.1 Å². The molecule has 2 aromatic carbocycles. The van der Waals surface area contributed by atoms with E-state index in [-0.39, 0.29) is 5.56 Å². The fourth-order valence-corrected chi connectivity index (χ4v) is 3.06. The van der Waals surface area contributed by atoms with E-state index < -0.39 is 5.97 Å². The van der Waals surface area contributed by atoms with Crippen LogP contribution in [-0.2, 0) is 0 Å². The molecule has 2 N–H and O–H groups in total. The maximum atomic E-state index is 10.9. The zero-order valence-electron chi connectivity index (χ0n) is 13.2. The highest BCUT2D eigenvalue weighted by atomic mass is 32.1. The van der Waals surface area contributed by atoms with Gasteiger partial charge in [0.2, 0.25) is 0 Å². The SMILES string of the molecule is COc1ccc(-c2csc(Nc3ccc(C(=O)O)cc3)n2)cc1C. The van der Waals surface area contributed by atoms with Gasteiger partial charge in [0.1, 0.15) is 5.75 Å². The first-order chi connectivity index (χ1) is 11.6. The van der Waals surface area contributed by atoms with Crippen LogP contribution in [0.5, 0.6) is 5.75 Å². The van der Waals surface area contributed by atoms with Gasteiger partial charge in [0.05, 0.1) is 18.4 Å². The van der Waals surface area contributed by atoms with E-state index in [1.54, 1.807) is 31.4 Å². The Labute approximate surface area is 143 Å². The Bertz CT molecular complexity index is 872. The van der Waals surface area contributed by atoms with Gasteiger partial charge in [-0.05, 0) is 55.0 Å². The van der Waals surface area contributed by atoms with E-state index in [0.29, 0.717) is 0 Å². The first-order valence-corrected chi connectivity index (χ1v) is 8.15. The highest BCUT2D eigenvalue weighted by Gasteiger charge is 2.08. The molecule has 24 heavy (non-hydrogen) atoms. The predicted molar refractivity (Wildman–Crippen MR) is 95.5 cm³/mol. The minimum Gasteiger partial charge on any atom is -0.496 e. The zero-order chi connectivity index (χ0) is 17.1. The van der Waals surface area contributed by atoms with Gasteiger partial charge in [0.15, 0.2) is 5.13 Å². The summed E-state index contributed by atoms with van der Waals surface area (Å²) in [5.74, 6) is -0.0844. The summed E-state index contributed by atoms with van der Waals surface area (Å²) in [4.78, 5) is 15.4. The van der Waals surface area contributed by atoms with Crippen LogP contribution in [0.3, 0.4) is 0 Å². The lowest BCUT2D eigenvalue weighted by molar-refractivity contribution is 0.0697. The average molecular weight is 340 g/mol. The number of carbonyl (C=O) groups is 1. The van der Waals surface area contributed by atoms with Crippen LogP contribution in [0, 0.1) is 6.92 Å². The van der Waals surface area contributed by atoms with Gasteiger partial charge in [0, 0.05) is 16.6 Å². The van der Waals surface area contributed by atoms with Gasteiger partial charge in [0.25, 0.3) is 0 Å². The number of thiazole rings is 1. The third-order valence-corrected chi connectivity index (χ3v) is 4.34. The number of hydrogen-bond donors (Lipinski definition) is 2. The van der Waals surface area contributed by atoms with Crippen molar-refractivity contribution >= 4 is 28.1 Å². The van der Waals surface area contributed by atoms with Crippen molar-refractivity contribution in [3.63, 3.8) is 0 Å². The van der Waals surface area contributed by atoms with Crippen molar-refractivity contribution in [2.24, 2.45) is 0 Å². The lowest BCUT2D eigenvalue weighted by Gasteiger charge is -2.06. The fraction of sp³-hybridized carbons (Fsp3) is 0.111. The molecule has 0 spiro atoms. The Hall–Kier alpha value is -2.86. The highest BCUT2D eigenvalue weighted by molar-refractivity contribution is 7.14. The summed E-state index contributed by atoms with van der Waals surface area (Å²) < 4.78 is 5.27. The summed E-state index contributed by atoms with van der Waals surface area (Å²) in [6, 6.07) is 12.5. The first kappa shape index (κ1) is 16.0. The molecule has 0 radical (unpaired) electrons. The van der Waals surface area contributed by atoms with Crippen molar-refractivity contribution in [3.8, 4) is 17.0 Å². The molecule has 0 saturated heterocycles. The topological polar surface area (TPSA) is 71.5 Å². The Morgan fingerprint density at radius 1 is 1.21 bits per heavy atom. The van der Waals surface area contributed by atoms with Gasteiger partial charge in [-0.15, -0.1) is 11.3 Å². The molecule has 0 unspecified atom stereocenters. The third-order valence-electron chi connectivity index (χ3n) is 3.58. The maximum absolute atomic E-state index is 10.9. The largest absolute Gasteiger partial charge is 0.496 e.